The number of amides is 1. The zero-order chi connectivity index (χ0) is 18.1. The van der Waals surface area contributed by atoms with Crippen molar-refractivity contribution >= 4 is 11.9 Å². The van der Waals surface area contributed by atoms with E-state index in [0.717, 1.165) is 37.9 Å². The Hall–Kier alpha value is -2.04. The molecule has 1 aliphatic carbocycles. The Morgan fingerprint density at radius 1 is 1.20 bits per heavy atom. The number of hydrogen-bond donors (Lipinski definition) is 2. The van der Waals surface area contributed by atoms with Gasteiger partial charge in [0.25, 0.3) is 0 Å². The van der Waals surface area contributed by atoms with Gasteiger partial charge in [0.2, 0.25) is 5.91 Å². The number of carboxylic acid groups (broad SMARTS) is 1. The van der Waals surface area contributed by atoms with E-state index in [1.807, 2.05) is 24.3 Å². The lowest BCUT2D eigenvalue weighted by Gasteiger charge is -2.28. The molecule has 1 amide bonds. The Morgan fingerprint density at radius 2 is 1.92 bits per heavy atom. The second-order valence-electron chi connectivity index (χ2n) is 6.74. The van der Waals surface area contributed by atoms with Crippen molar-refractivity contribution in [2.45, 2.75) is 51.9 Å². The summed E-state index contributed by atoms with van der Waals surface area (Å²) in [5.41, 5.74) is 1.27. The van der Waals surface area contributed by atoms with Gasteiger partial charge in [0.05, 0.1) is 12.5 Å². The van der Waals surface area contributed by atoms with E-state index in [0.29, 0.717) is 26.0 Å². The molecular weight excluding hydrogens is 318 g/mol. The van der Waals surface area contributed by atoms with Gasteiger partial charge in [-0.1, -0.05) is 31.9 Å². The monoisotopic (exact) mass is 347 g/mol. The number of carbonyl (C=O) groups excluding carboxylic acids is 1. The highest BCUT2D eigenvalue weighted by Crippen LogP contribution is 2.29. The number of rotatable bonds is 9. The van der Waals surface area contributed by atoms with Crippen LogP contribution in [0.4, 0.5) is 0 Å². The lowest BCUT2D eigenvalue weighted by atomic mass is 9.79. The lowest BCUT2D eigenvalue weighted by Crippen LogP contribution is -2.37. The largest absolute Gasteiger partial charge is 0.494 e. The van der Waals surface area contributed by atoms with E-state index in [-0.39, 0.29) is 17.7 Å². The minimum absolute atomic E-state index is 0.0281. The summed E-state index contributed by atoms with van der Waals surface area (Å²) in [6, 6.07) is 8.00. The third kappa shape index (κ3) is 6.40. The molecule has 0 unspecified atom stereocenters. The molecule has 25 heavy (non-hydrogen) atoms. The van der Waals surface area contributed by atoms with E-state index in [1.54, 1.807) is 0 Å². The molecule has 0 bridgehead atoms. The van der Waals surface area contributed by atoms with Crippen LogP contribution in [0.25, 0.3) is 0 Å². The summed E-state index contributed by atoms with van der Waals surface area (Å²) in [5.74, 6) is -0.197. The molecule has 2 rings (SSSR count). The molecule has 1 aromatic rings. The van der Waals surface area contributed by atoms with Gasteiger partial charge in [-0.2, -0.15) is 0 Å². The van der Waals surface area contributed by atoms with Gasteiger partial charge in [0.15, 0.2) is 0 Å². The molecule has 5 heteroatoms. The molecular formula is C20H29NO4. The molecule has 0 heterocycles. The summed E-state index contributed by atoms with van der Waals surface area (Å²) in [5, 5.41) is 12.2. The number of aliphatic carboxylic acids is 1. The average Bonchev–Trinajstić information content (AvgIpc) is 2.64. The van der Waals surface area contributed by atoms with Gasteiger partial charge in [0.1, 0.15) is 5.75 Å². The van der Waals surface area contributed by atoms with Crippen molar-refractivity contribution in [1.29, 1.82) is 0 Å². The van der Waals surface area contributed by atoms with Crippen LogP contribution in [0.3, 0.4) is 0 Å². The van der Waals surface area contributed by atoms with Crippen LogP contribution in [0.5, 0.6) is 5.75 Å². The summed E-state index contributed by atoms with van der Waals surface area (Å²) >= 11 is 0. The van der Waals surface area contributed by atoms with Crippen molar-refractivity contribution in [3.05, 3.63) is 29.8 Å². The highest BCUT2D eigenvalue weighted by Gasteiger charge is 2.30. The Kier molecular flexibility index (Phi) is 7.76. The first-order chi connectivity index (χ1) is 12.1. The second kappa shape index (κ2) is 10.1. The predicted molar refractivity (Wildman–Crippen MR) is 96.6 cm³/mol. The first-order valence-electron chi connectivity index (χ1n) is 9.31. The normalized spacial score (nSPS) is 20.0. The number of hydrogen-bond acceptors (Lipinski definition) is 3. The van der Waals surface area contributed by atoms with Crippen LogP contribution in [0, 0.1) is 11.8 Å². The molecule has 1 aliphatic rings. The standard InChI is InChI=1S/C20H29NO4/c1-2-15-9-11-17(12-10-15)25-13-5-8-19(22)21-14-16-6-3-4-7-18(16)20(23)24/h9-12,16,18H,2-8,13-14H2,1H3,(H,21,22)(H,23,24)/t16-,18-/m0/s1. The Bertz CT molecular complexity index is 555. The third-order valence-electron chi connectivity index (χ3n) is 4.94. The quantitative estimate of drug-likeness (QED) is 0.671. The fraction of sp³-hybridized carbons (Fsp3) is 0.600. The molecule has 138 valence electrons. The highest BCUT2D eigenvalue weighted by molar-refractivity contribution is 5.76. The fourth-order valence-electron chi connectivity index (χ4n) is 3.35. The molecule has 0 aliphatic heterocycles. The van der Waals surface area contributed by atoms with E-state index < -0.39 is 5.97 Å². The van der Waals surface area contributed by atoms with Gasteiger partial charge in [-0.05, 0) is 49.3 Å². The molecule has 5 nitrogen and oxygen atoms in total. The van der Waals surface area contributed by atoms with Gasteiger partial charge < -0.3 is 15.2 Å². The smallest absolute Gasteiger partial charge is 0.306 e. The summed E-state index contributed by atoms with van der Waals surface area (Å²) in [4.78, 5) is 23.2. The van der Waals surface area contributed by atoms with Crippen LogP contribution < -0.4 is 10.1 Å². The second-order valence-corrected chi connectivity index (χ2v) is 6.74. The number of nitrogens with one attached hydrogen (secondary N) is 1. The topological polar surface area (TPSA) is 75.6 Å². The maximum atomic E-state index is 11.9. The number of aryl methyl sites for hydroxylation is 1. The maximum Gasteiger partial charge on any atom is 0.306 e. The van der Waals surface area contributed by atoms with E-state index in [1.165, 1.54) is 5.56 Å². The first kappa shape index (κ1) is 19.3. The van der Waals surface area contributed by atoms with E-state index in [9.17, 15) is 14.7 Å². The summed E-state index contributed by atoms with van der Waals surface area (Å²) in [7, 11) is 0. The summed E-state index contributed by atoms with van der Waals surface area (Å²) in [6.07, 6.45) is 5.68. The number of benzene rings is 1. The minimum Gasteiger partial charge on any atom is -0.494 e. The third-order valence-corrected chi connectivity index (χ3v) is 4.94. The Morgan fingerprint density at radius 3 is 2.60 bits per heavy atom. The molecule has 1 saturated carbocycles. The van der Waals surface area contributed by atoms with Crippen LogP contribution in [0.15, 0.2) is 24.3 Å². The highest BCUT2D eigenvalue weighted by atomic mass is 16.5. The van der Waals surface area contributed by atoms with Gasteiger partial charge >= 0.3 is 5.97 Å². The molecule has 2 atom stereocenters. The van der Waals surface area contributed by atoms with Crippen LogP contribution in [0.2, 0.25) is 0 Å². The molecule has 1 fully saturated rings. The van der Waals surface area contributed by atoms with E-state index >= 15 is 0 Å². The Balaban J connectivity index is 1.62. The maximum absolute atomic E-state index is 11.9. The molecule has 0 spiro atoms. The van der Waals surface area contributed by atoms with Crippen molar-refractivity contribution in [1.82, 2.24) is 5.32 Å². The SMILES string of the molecule is CCc1ccc(OCCCC(=O)NC[C@@H]2CCCC[C@@H]2C(=O)O)cc1. The summed E-state index contributed by atoms with van der Waals surface area (Å²) < 4.78 is 5.64. The minimum atomic E-state index is -0.735. The van der Waals surface area contributed by atoms with E-state index in [2.05, 4.69) is 12.2 Å². The van der Waals surface area contributed by atoms with Crippen molar-refractivity contribution < 1.29 is 19.4 Å². The Labute approximate surface area is 149 Å². The fourth-order valence-corrected chi connectivity index (χ4v) is 3.35. The zero-order valence-corrected chi connectivity index (χ0v) is 15.0. The first-order valence-corrected chi connectivity index (χ1v) is 9.31. The van der Waals surface area contributed by atoms with Crippen molar-refractivity contribution in [2.24, 2.45) is 11.8 Å². The predicted octanol–water partition coefficient (Wildman–Crippen LogP) is 3.42. The summed E-state index contributed by atoms with van der Waals surface area (Å²) in [6.45, 7) is 3.08. The van der Waals surface area contributed by atoms with Crippen LogP contribution in [-0.2, 0) is 16.0 Å². The van der Waals surface area contributed by atoms with Gasteiger partial charge in [-0.3, -0.25) is 9.59 Å². The molecule has 2 N–H and O–H groups in total. The van der Waals surface area contributed by atoms with Gasteiger partial charge in [0, 0.05) is 13.0 Å². The average molecular weight is 347 g/mol. The molecule has 0 saturated heterocycles. The number of carboxylic acids is 1. The molecule has 0 aromatic heterocycles. The number of carbonyl (C=O) groups is 2. The molecule has 1 aromatic carbocycles. The van der Waals surface area contributed by atoms with Gasteiger partial charge in [-0.25, -0.2) is 0 Å². The van der Waals surface area contributed by atoms with Crippen LogP contribution in [0.1, 0.15) is 51.0 Å². The van der Waals surface area contributed by atoms with Crippen LogP contribution in [-0.4, -0.2) is 30.1 Å². The van der Waals surface area contributed by atoms with Crippen molar-refractivity contribution in [3.63, 3.8) is 0 Å². The molecule has 0 radical (unpaired) electrons. The number of ether oxygens (including phenoxy) is 1. The lowest BCUT2D eigenvalue weighted by molar-refractivity contribution is -0.145. The van der Waals surface area contributed by atoms with Crippen molar-refractivity contribution in [3.8, 4) is 5.75 Å². The van der Waals surface area contributed by atoms with Crippen LogP contribution >= 0.6 is 0 Å². The van der Waals surface area contributed by atoms with Gasteiger partial charge in [-0.15, -0.1) is 0 Å². The zero-order valence-electron chi connectivity index (χ0n) is 15.0. The van der Waals surface area contributed by atoms with E-state index in [4.69, 9.17) is 4.74 Å². The van der Waals surface area contributed by atoms with Crippen molar-refractivity contribution in [2.75, 3.05) is 13.2 Å².